The molecule has 1 aromatic carbocycles. The molecule has 0 spiro atoms. The van der Waals surface area contributed by atoms with Crippen LogP contribution < -0.4 is 16.0 Å². The Kier molecular flexibility index (Phi) is 9.71. The van der Waals surface area contributed by atoms with Crippen LogP contribution in [0.1, 0.15) is 58.6 Å². The molecule has 0 radical (unpaired) electrons. The molecule has 0 aromatic heterocycles. The molecule has 3 aliphatic rings. The maximum Gasteiger partial charge on any atom is 0.408 e. The molecule has 1 saturated carbocycles. The predicted molar refractivity (Wildman–Crippen MR) is 166 cm³/mol. The van der Waals surface area contributed by atoms with E-state index in [-0.39, 0.29) is 42.0 Å². The number of hydrogen-bond donors (Lipinski definition) is 3. The minimum Gasteiger partial charge on any atom is -0.444 e. The minimum atomic E-state index is -1.08. The van der Waals surface area contributed by atoms with Crippen LogP contribution in [0.3, 0.4) is 0 Å². The monoisotopic (exact) mass is 606 g/mol. The fourth-order valence-electron chi connectivity index (χ4n) is 6.86. The molecule has 10 nitrogen and oxygen atoms in total. The van der Waals surface area contributed by atoms with Crippen molar-refractivity contribution in [2.45, 2.75) is 84.0 Å². The van der Waals surface area contributed by atoms with Crippen molar-refractivity contribution in [3.8, 4) is 0 Å². The summed E-state index contributed by atoms with van der Waals surface area (Å²) in [6.45, 7) is 17.1. The Hall–Kier alpha value is -3.95. The number of allylic oxidation sites excluding steroid dienone is 1. The third kappa shape index (κ3) is 7.05. The number of carbonyl (C=O) groups excluding carboxylic acids is 5. The van der Waals surface area contributed by atoms with Crippen molar-refractivity contribution >= 4 is 29.6 Å². The zero-order valence-electron chi connectivity index (χ0n) is 26.5. The lowest BCUT2D eigenvalue weighted by atomic mass is 9.93. The van der Waals surface area contributed by atoms with E-state index < -0.39 is 47.4 Å². The van der Waals surface area contributed by atoms with Gasteiger partial charge >= 0.3 is 6.09 Å². The molecule has 3 N–H and O–H groups in total. The lowest BCUT2D eigenvalue weighted by Gasteiger charge is -2.35. The number of ketones is 1. The number of alkyl carbamates (subject to hydrolysis) is 1. The number of amides is 4. The first-order valence-corrected chi connectivity index (χ1v) is 15.4. The van der Waals surface area contributed by atoms with Crippen LogP contribution >= 0.6 is 0 Å². The summed E-state index contributed by atoms with van der Waals surface area (Å²) >= 11 is 0. The number of fused-ring (bicyclic) bond motifs is 2. The van der Waals surface area contributed by atoms with E-state index >= 15 is 0 Å². The third-order valence-corrected chi connectivity index (χ3v) is 9.18. The largest absolute Gasteiger partial charge is 0.444 e. The summed E-state index contributed by atoms with van der Waals surface area (Å²) in [6, 6.07) is 5.11. The van der Waals surface area contributed by atoms with Gasteiger partial charge in [0, 0.05) is 13.1 Å². The molecule has 5 atom stereocenters. The first kappa shape index (κ1) is 33.0. The summed E-state index contributed by atoms with van der Waals surface area (Å²) in [4.78, 5) is 68.5. The molecular formula is C34H46N4O6. The molecule has 1 aliphatic heterocycles. The topological polar surface area (TPSA) is 134 Å². The number of nitrogens with one attached hydrogen (secondary N) is 3. The van der Waals surface area contributed by atoms with E-state index in [1.165, 1.54) is 6.08 Å². The maximum absolute atomic E-state index is 14.4. The van der Waals surface area contributed by atoms with Gasteiger partial charge in [0.15, 0.2) is 0 Å². The number of nitrogens with zero attached hydrogens (tertiary/aromatic N) is 1. The molecular weight excluding hydrogens is 560 g/mol. The number of piperidine rings is 1. The number of likely N-dealkylation sites (tertiary alicyclic amines) is 1. The summed E-state index contributed by atoms with van der Waals surface area (Å²) in [7, 11) is 0. The Labute approximate surface area is 260 Å². The minimum absolute atomic E-state index is 0.0865. The second-order valence-electron chi connectivity index (χ2n) is 13.7. The second kappa shape index (κ2) is 13.0. The number of carbonyl (C=O) groups is 5. The summed E-state index contributed by atoms with van der Waals surface area (Å²) in [5, 5.41) is 8.12. The Morgan fingerprint density at radius 1 is 1.05 bits per heavy atom. The molecule has 1 saturated heterocycles. The van der Waals surface area contributed by atoms with Crippen LogP contribution in [0.5, 0.6) is 0 Å². The van der Waals surface area contributed by atoms with Crippen LogP contribution in [-0.2, 0) is 36.8 Å². The van der Waals surface area contributed by atoms with Crippen LogP contribution in [0, 0.1) is 23.2 Å². The summed E-state index contributed by atoms with van der Waals surface area (Å²) in [6.07, 6.45) is 4.18. The van der Waals surface area contributed by atoms with Crippen LogP contribution in [0.4, 0.5) is 4.79 Å². The standard InChI is InChI=1S/C34H46N4O6/c1-8-10-15-24(28(39)30(41)35-16-9-2)36-29(40)27-25-23(34(25,6)7)19-38(27)31(42)26(37-32(43)44-33(3,4)5)22-17-20-13-11-12-14-21(20)18-22/h8-9,11-14,22-27H,1-2,10,15-19H2,3-7H3,(H,35,41)(H,36,40)(H,37,43)/t23?,24?,25?,26?,27-/m0/s1. The normalized spacial score (nSPS) is 22.9. The highest BCUT2D eigenvalue weighted by Gasteiger charge is 2.69. The van der Waals surface area contributed by atoms with Crippen LogP contribution in [0.15, 0.2) is 49.6 Å². The molecule has 2 fully saturated rings. The van der Waals surface area contributed by atoms with Crippen molar-refractivity contribution in [1.29, 1.82) is 0 Å². The molecule has 4 rings (SSSR count). The third-order valence-electron chi connectivity index (χ3n) is 9.18. The smallest absolute Gasteiger partial charge is 0.408 e. The molecule has 238 valence electrons. The van der Waals surface area contributed by atoms with E-state index in [0.29, 0.717) is 25.8 Å². The molecule has 2 aliphatic carbocycles. The van der Waals surface area contributed by atoms with Gasteiger partial charge in [-0.25, -0.2) is 4.79 Å². The summed E-state index contributed by atoms with van der Waals surface area (Å²) in [5.41, 5.74) is 1.31. The second-order valence-corrected chi connectivity index (χ2v) is 13.7. The molecule has 10 heteroatoms. The summed E-state index contributed by atoms with van der Waals surface area (Å²) in [5.74, 6) is -2.68. The van der Waals surface area contributed by atoms with E-state index in [2.05, 4.69) is 43.0 Å². The zero-order valence-corrected chi connectivity index (χ0v) is 26.5. The maximum atomic E-state index is 14.4. The lowest BCUT2D eigenvalue weighted by Crippen LogP contribution is -2.59. The van der Waals surface area contributed by atoms with Gasteiger partial charge in [-0.15, -0.1) is 13.2 Å². The van der Waals surface area contributed by atoms with Gasteiger partial charge in [-0.1, -0.05) is 50.3 Å². The van der Waals surface area contributed by atoms with Gasteiger partial charge in [0.2, 0.25) is 17.6 Å². The summed E-state index contributed by atoms with van der Waals surface area (Å²) < 4.78 is 5.53. The lowest BCUT2D eigenvalue weighted by molar-refractivity contribution is -0.144. The predicted octanol–water partition coefficient (Wildman–Crippen LogP) is 3.10. The highest BCUT2D eigenvalue weighted by atomic mass is 16.6. The van der Waals surface area contributed by atoms with E-state index in [1.807, 2.05) is 24.3 Å². The van der Waals surface area contributed by atoms with Crippen molar-refractivity contribution in [1.82, 2.24) is 20.9 Å². The molecule has 4 amide bonds. The number of rotatable bonds is 12. The number of ether oxygens (including phenoxy) is 1. The van der Waals surface area contributed by atoms with E-state index in [1.54, 1.807) is 31.7 Å². The molecule has 1 heterocycles. The Bertz CT molecular complexity index is 1310. The number of hydrogen-bond acceptors (Lipinski definition) is 6. The van der Waals surface area contributed by atoms with Crippen molar-refractivity contribution in [3.05, 3.63) is 60.7 Å². The van der Waals surface area contributed by atoms with Gasteiger partial charge in [-0.3, -0.25) is 19.2 Å². The SMILES string of the molecule is C=CCCC(NC(=O)[C@@H]1C2C(CN1C(=O)C(NC(=O)OC(C)(C)C)C1Cc3ccccc3C1)C2(C)C)C(=O)C(=O)NCC=C. The number of benzene rings is 1. The van der Waals surface area contributed by atoms with Crippen LogP contribution in [0.2, 0.25) is 0 Å². The van der Waals surface area contributed by atoms with Crippen LogP contribution in [-0.4, -0.2) is 71.3 Å². The first-order chi connectivity index (χ1) is 20.7. The van der Waals surface area contributed by atoms with Gasteiger partial charge in [0.05, 0.1) is 6.04 Å². The molecule has 1 aromatic rings. The van der Waals surface area contributed by atoms with Crippen molar-refractivity contribution in [2.24, 2.45) is 23.2 Å². The van der Waals surface area contributed by atoms with Gasteiger partial charge in [-0.2, -0.15) is 0 Å². The Morgan fingerprint density at radius 2 is 1.68 bits per heavy atom. The highest BCUT2D eigenvalue weighted by molar-refractivity contribution is 6.38. The number of Topliss-reactive ketones (excluding diaryl/α,β-unsaturated/α-hetero) is 1. The van der Waals surface area contributed by atoms with Crippen molar-refractivity contribution in [3.63, 3.8) is 0 Å². The fourth-order valence-corrected chi connectivity index (χ4v) is 6.86. The van der Waals surface area contributed by atoms with Gasteiger partial charge < -0.3 is 25.6 Å². The molecule has 4 unspecified atom stereocenters. The van der Waals surface area contributed by atoms with E-state index in [4.69, 9.17) is 4.74 Å². The van der Waals surface area contributed by atoms with E-state index in [0.717, 1.165) is 11.1 Å². The van der Waals surface area contributed by atoms with Gasteiger partial charge in [0.1, 0.15) is 17.7 Å². The molecule has 44 heavy (non-hydrogen) atoms. The van der Waals surface area contributed by atoms with Crippen LogP contribution in [0.25, 0.3) is 0 Å². The molecule has 0 bridgehead atoms. The highest BCUT2D eigenvalue weighted by Crippen LogP contribution is 2.65. The van der Waals surface area contributed by atoms with Gasteiger partial charge in [0.25, 0.3) is 5.91 Å². The average molecular weight is 607 g/mol. The van der Waals surface area contributed by atoms with Crippen molar-refractivity contribution in [2.75, 3.05) is 13.1 Å². The Morgan fingerprint density at radius 3 is 2.25 bits per heavy atom. The fraction of sp³-hybridized carbons (Fsp3) is 0.559. The quantitative estimate of drug-likeness (QED) is 0.247. The Balaban J connectivity index is 1.59. The zero-order chi connectivity index (χ0) is 32.4. The average Bonchev–Trinajstić information content (AvgIpc) is 3.33. The first-order valence-electron chi connectivity index (χ1n) is 15.4. The van der Waals surface area contributed by atoms with E-state index in [9.17, 15) is 24.0 Å². The van der Waals surface area contributed by atoms with Gasteiger partial charge in [-0.05, 0) is 80.8 Å². The van der Waals surface area contributed by atoms with Crippen molar-refractivity contribution < 1.29 is 28.7 Å².